The summed E-state index contributed by atoms with van der Waals surface area (Å²) in [5, 5.41) is 6.16. The van der Waals surface area contributed by atoms with Crippen molar-refractivity contribution < 1.29 is 14.3 Å². The first-order valence-electron chi connectivity index (χ1n) is 7.05. The van der Waals surface area contributed by atoms with Crippen LogP contribution in [0.25, 0.3) is 0 Å². The van der Waals surface area contributed by atoms with Crippen molar-refractivity contribution in [2.24, 2.45) is 11.8 Å². The van der Waals surface area contributed by atoms with Gasteiger partial charge >= 0.3 is 5.97 Å². The maximum Gasteiger partial charge on any atom is 0.328 e. The second-order valence-electron chi connectivity index (χ2n) is 5.79. The zero-order chi connectivity index (χ0) is 14.4. The van der Waals surface area contributed by atoms with Crippen LogP contribution in [0.5, 0.6) is 0 Å². The van der Waals surface area contributed by atoms with Crippen molar-refractivity contribution in [2.45, 2.75) is 52.1 Å². The summed E-state index contributed by atoms with van der Waals surface area (Å²) in [4.78, 5) is 23.9. The van der Waals surface area contributed by atoms with Gasteiger partial charge in [0.05, 0.1) is 7.11 Å². The summed E-state index contributed by atoms with van der Waals surface area (Å²) in [5.74, 6) is -0.0552. The molecule has 1 heterocycles. The molecule has 5 heteroatoms. The molecule has 0 aromatic carbocycles. The van der Waals surface area contributed by atoms with Gasteiger partial charge in [0.2, 0.25) is 5.91 Å². The lowest BCUT2D eigenvalue weighted by Crippen LogP contribution is -2.48. The molecule has 3 atom stereocenters. The quantitative estimate of drug-likeness (QED) is 0.734. The highest BCUT2D eigenvalue weighted by molar-refractivity contribution is 5.85. The van der Waals surface area contributed by atoms with E-state index in [4.69, 9.17) is 4.74 Å². The number of piperidine rings is 1. The number of methoxy groups -OCH3 is 1. The van der Waals surface area contributed by atoms with Crippen LogP contribution in [-0.2, 0) is 14.3 Å². The Bertz CT molecular complexity index is 318. The average Bonchev–Trinajstić information content (AvgIpc) is 2.36. The van der Waals surface area contributed by atoms with Crippen LogP contribution in [0.15, 0.2) is 0 Å². The second kappa shape index (κ2) is 7.48. The molecule has 0 spiro atoms. The molecule has 1 amide bonds. The molecule has 0 aromatic heterocycles. The van der Waals surface area contributed by atoms with Gasteiger partial charge in [-0.05, 0) is 38.6 Å². The number of carbonyl (C=O) groups is 2. The zero-order valence-electron chi connectivity index (χ0n) is 12.4. The molecule has 5 nitrogen and oxygen atoms in total. The molecule has 0 radical (unpaired) electrons. The number of hydrogen-bond donors (Lipinski definition) is 2. The topological polar surface area (TPSA) is 67.4 Å². The molecule has 3 unspecified atom stereocenters. The molecule has 0 saturated carbocycles. The van der Waals surface area contributed by atoms with E-state index >= 15 is 0 Å². The largest absolute Gasteiger partial charge is 0.467 e. The monoisotopic (exact) mass is 270 g/mol. The molecule has 1 aliphatic rings. The second-order valence-corrected chi connectivity index (χ2v) is 5.79. The van der Waals surface area contributed by atoms with Crippen molar-refractivity contribution in [2.75, 3.05) is 13.7 Å². The summed E-state index contributed by atoms with van der Waals surface area (Å²) in [6.07, 6.45) is 2.26. The Kier molecular flexibility index (Phi) is 6.28. The summed E-state index contributed by atoms with van der Waals surface area (Å²) in [7, 11) is 1.36. The number of esters is 1. The van der Waals surface area contributed by atoms with Crippen LogP contribution < -0.4 is 10.6 Å². The molecule has 1 fully saturated rings. The zero-order valence-corrected chi connectivity index (χ0v) is 12.4. The van der Waals surface area contributed by atoms with Crippen LogP contribution in [0.3, 0.4) is 0 Å². The average molecular weight is 270 g/mol. The minimum absolute atomic E-state index is 0.00410. The maximum absolute atomic E-state index is 12.2. The van der Waals surface area contributed by atoms with Gasteiger partial charge < -0.3 is 15.4 Å². The predicted molar refractivity (Wildman–Crippen MR) is 73.6 cm³/mol. The molecule has 19 heavy (non-hydrogen) atoms. The van der Waals surface area contributed by atoms with Gasteiger partial charge in [0, 0.05) is 12.0 Å². The van der Waals surface area contributed by atoms with Crippen molar-refractivity contribution in [1.82, 2.24) is 10.6 Å². The molecular formula is C14H26N2O3. The first-order valence-corrected chi connectivity index (χ1v) is 7.05. The first kappa shape index (κ1) is 16.0. The van der Waals surface area contributed by atoms with Gasteiger partial charge in [0.1, 0.15) is 6.04 Å². The van der Waals surface area contributed by atoms with Gasteiger partial charge in [0.15, 0.2) is 0 Å². The van der Waals surface area contributed by atoms with Gasteiger partial charge in [-0.25, -0.2) is 4.79 Å². The number of amides is 1. The molecule has 1 aliphatic heterocycles. The Labute approximate surface area is 115 Å². The Morgan fingerprint density at radius 3 is 2.63 bits per heavy atom. The van der Waals surface area contributed by atoms with Crippen molar-refractivity contribution in [1.29, 1.82) is 0 Å². The molecule has 1 saturated heterocycles. The van der Waals surface area contributed by atoms with E-state index in [0.29, 0.717) is 18.4 Å². The van der Waals surface area contributed by atoms with E-state index < -0.39 is 6.04 Å². The maximum atomic E-state index is 12.2. The summed E-state index contributed by atoms with van der Waals surface area (Å²) in [5.41, 5.74) is 0. The lowest BCUT2D eigenvalue weighted by molar-refractivity contribution is -0.146. The van der Waals surface area contributed by atoms with Crippen LogP contribution >= 0.6 is 0 Å². The lowest BCUT2D eigenvalue weighted by Gasteiger charge is -2.28. The van der Waals surface area contributed by atoms with Crippen molar-refractivity contribution in [3.63, 3.8) is 0 Å². The fourth-order valence-electron chi connectivity index (χ4n) is 2.49. The third-order valence-electron chi connectivity index (χ3n) is 3.50. The summed E-state index contributed by atoms with van der Waals surface area (Å²) >= 11 is 0. The van der Waals surface area contributed by atoms with Gasteiger partial charge in [0.25, 0.3) is 0 Å². The van der Waals surface area contributed by atoms with E-state index in [9.17, 15) is 9.59 Å². The summed E-state index contributed by atoms with van der Waals surface area (Å²) < 4.78 is 4.76. The van der Waals surface area contributed by atoms with Gasteiger partial charge in [-0.1, -0.05) is 13.8 Å². The smallest absolute Gasteiger partial charge is 0.328 e. The molecule has 0 bridgehead atoms. The van der Waals surface area contributed by atoms with Crippen LogP contribution in [0.4, 0.5) is 0 Å². The van der Waals surface area contributed by atoms with Crippen molar-refractivity contribution in [3.05, 3.63) is 0 Å². The lowest BCUT2D eigenvalue weighted by atomic mass is 9.92. The van der Waals surface area contributed by atoms with E-state index in [1.807, 2.05) is 13.8 Å². The Morgan fingerprint density at radius 1 is 1.42 bits per heavy atom. The highest BCUT2D eigenvalue weighted by Gasteiger charge is 2.29. The highest BCUT2D eigenvalue weighted by atomic mass is 16.5. The minimum atomic E-state index is -0.525. The molecule has 110 valence electrons. The third-order valence-corrected chi connectivity index (χ3v) is 3.50. The van der Waals surface area contributed by atoms with Crippen molar-refractivity contribution >= 4 is 11.9 Å². The Balaban J connectivity index is 2.57. The first-order chi connectivity index (χ1) is 8.93. The molecule has 0 aliphatic carbocycles. The molecular weight excluding hydrogens is 244 g/mol. The third kappa shape index (κ3) is 5.19. The number of hydrogen-bond acceptors (Lipinski definition) is 4. The van der Waals surface area contributed by atoms with E-state index in [-0.39, 0.29) is 17.8 Å². The Morgan fingerprint density at radius 2 is 2.11 bits per heavy atom. The van der Waals surface area contributed by atoms with Gasteiger partial charge in [-0.2, -0.15) is 0 Å². The standard InChI is InChI=1S/C14H26N2O3/c1-9(2)7-12(14(18)19-4)16-13(17)11-5-6-15-10(3)8-11/h9-12,15H,5-8H2,1-4H3,(H,16,17). The summed E-state index contributed by atoms with van der Waals surface area (Å²) in [6.45, 7) is 6.97. The highest BCUT2D eigenvalue weighted by Crippen LogP contribution is 2.17. The SMILES string of the molecule is COC(=O)C(CC(C)C)NC(=O)C1CCNC(C)C1. The fraction of sp³-hybridized carbons (Fsp3) is 0.857. The number of carbonyl (C=O) groups excluding carboxylic acids is 2. The van der Waals surface area contributed by atoms with Crippen LogP contribution in [0.2, 0.25) is 0 Å². The summed E-state index contributed by atoms with van der Waals surface area (Å²) in [6, 6.07) is -0.172. The number of rotatable bonds is 5. The van der Waals surface area contributed by atoms with E-state index in [1.54, 1.807) is 0 Å². The van der Waals surface area contributed by atoms with Crippen LogP contribution in [0.1, 0.15) is 40.0 Å². The van der Waals surface area contributed by atoms with Gasteiger partial charge in [-0.15, -0.1) is 0 Å². The van der Waals surface area contributed by atoms with Gasteiger partial charge in [-0.3, -0.25) is 4.79 Å². The normalized spacial score (nSPS) is 24.9. The fourth-order valence-corrected chi connectivity index (χ4v) is 2.49. The predicted octanol–water partition coefficient (Wildman–Crippen LogP) is 1.08. The van der Waals surface area contributed by atoms with E-state index in [1.165, 1.54) is 7.11 Å². The Hall–Kier alpha value is -1.10. The van der Waals surface area contributed by atoms with E-state index in [0.717, 1.165) is 19.4 Å². The van der Waals surface area contributed by atoms with E-state index in [2.05, 4.69) is 17.6 Å². The number of nitrogens with one attached hydrogen (secondary N) is 2. The number of ether oxygens (including phenoxy) is 1. The van der Waals surface area contributed by atoms with Crippen molar-refractivity contribution in [3.8, 4) is 0 Å². The molecule has 1 rings (SSSR count). The van der Waals surface area contributed by atoms with Crippen LogP contribution in [0, 0.1) is 11.8 Å². The van der Waals surface area contributed by atoms with Crippen LogP contribution in [-0.4, -0.2) is 37.6 Å². The molecule has 2 N–H and O–H groups in total. The minimum Gasteiger partial charge on any atom is -0.467 e. The molecule has 0 aromatic rings.